The van der Waals surface area contributed by atoms with Gasteiger partial charge in [0.25, 0.3) is 0 Å². The summed E-state index contributed by atoms with van der Waals surface area (Å²) >= 11 is 0. The predicted molar refractivity (Wildman–Crippen MR) is 122 cm³/mol. The van der Waals surface area contributed by atoms with E-state index in [2.05, 4.69) is 10.0 Å². The van der Waals surface area contributed by atoms with Gasteiger partial charge in [0.1, 0.15) is 29.1 Å². The molecule has 0 saturated carbocycles. The zero-order chi connectivity index (χ0) is 24.0. The van der Waals surface area contributed by atoms with Gasteiger partial charge in [-0.2, -0.15) is 4.72 Å². The molecule has 0 aliphatic heterocycles. The summed E-state index contributed by atoms with van der Waals surface area (Å²) in [6.07, 6.45) is -0.0298. The van der Waals surface area contributed by atoms with Gasteiger partial charge < -0.3 is 10.1 Å². The number of carbonyl (C=O) groups excluding carboxylic acids is 1. The van der Waals surface area contributed by atoms with Crippen LogP contribution in [0.1, 0.15) is 18.1 Å². The van der Waals surface area contributed by atoms with E-state index in [0.29, 0.717) is 23.5 Å². The fourth-order valence-corrected chi connectivity index (χ4v) is 4.51. The lowest BCUT2D eigenvalue weighted by molar-refractivity contribution is -0.117. The zero-order valence-electron chi connectivity index (χ0n) is 18.1. The largest absolute Gasteiger partial charge is 0.494 e. The second-order valence-corrected chi connectivity index (χ2v) is 9.02. The Balaban J connectivity index is 1.90. The van der Waals surface area contributed by atoms with Crippen molar-refractivity contribution in [2.24, 2.45) is 0 Å². The molecule has 0 aliphatic rings. The molecule has 0 fully saturated rings. The van der Waals surface area contributed by atoms with Crippen molar-refractivity contribution < 1.29 is 26.7 Å². The first-order chi connectivity index (χ1) is 15.7. The average Bonchev–Trinajstić information content (AvgIpc) is 2.78. The van der Waals surface area contributed by atoms with Crippen LogP contribution in [0.5, 0.6) is 5.75 Å². The highest BCUT2D eigenvalue weighted by Gasteiger charge is 2.28. The first kappa shape index (κ1) is 24.3. The molecule has 0 spiro atoms. The fraction of sp³-hybridized carbons (Fsp3) is 0.208. The van der Waals surface area contributed by atoms with Crippen LogP contribution in [0.2, 0.25) is 0 Å². The van der Waals surface area contributed by atoms with Gasteiger partial charge in [-0.05, 0) is 61.7 Å². The SMILES string of the molecule is CCOc1ccc(S(=O)(=O)NC(Cc2ccccc2)C(=O)Nc2c(F)cccc2F)cc1C. The topological polar surface area (TPSA) is 84.5 Å². The van der Waals surface area contributed by atoms with E-state index in [1.54, 1.807) is 37.3 Å². The number of ether oxygens (including phenoxy) is 1. The second kappa shape index (κ2) is 10.5. The molecule has 1 amide bonds. The summed E-state index contributed by atoms with van der Waals surface area (Å²) in [5.41, 5.74) is 0.631. The van der Waals surface area contributed by atoms with Gasteiger partial charge in [-0.15, -0.1) is 0 Å². The van der Waals surface area contributed by atoms with Crippen LogP contribution in [0.15, 0.2) is 71.6 Å². The Morgan fingerprint density at radius 3 is 2.27 bits per heavy atom. The second-order valence-electron chi connectivity index (χ2n) is 7.31. The quantitative estimate of drug-likeness (QED) is 0.487. The number of hydrogen-bond acceptors (Lipinski definition) is 4. The fourth-order valence-electron chi connectivity index (χ4n) is 3.23. The van der Waals surface area contributed by atoms with Crippen LogP contribution < -0.4 is 14.8 Å². The molecular weight excluding hydrogens is 450 g/mol. The Labute approximate surface area is 191 Å². The lowest BCUT2D eigenvalue weighted by Gasteiger charge is -2.20. The maximum Gasteiger partial charge on any atom is 0.243 e. The standard InChI is InChI=1S/C24H24F2N2O4S/c1-3-32-22-13-12-18(14-16(22)2)33(30,31)28-21(15-17-8-5-4-6-9-17)24(29)27-23-19(25)10-7-11-20(23)26/h4-14,21,28H,3,15H2,1-2H3,(H,27,29). The lowest BCUT2D eigenvalue weighted by atomic mass is 10.1. The predicted octanol–water partition coefficient (Wildman–Crippen LogP) is 4.20. The third-order valence-corrected chi connectivity index (χ3v) is 6.33. The van der Waals surface area contributed by atoms with Crippen molar-refractivity contribution in [1.82, 2.24) is 4.72 Å². The van der Waals surface area contributed by atoms with E-state index in [4.69, 9.17) is 4.74 Å². The minimum atomic E-state index is -4.15. The molecular formula is C24H24F2N2O4S. The maximum atomic E-state index is 14.0. The van der Waals surface area contributed by atoms with Crippen molar-refractivity contribution in [3.63, 3.8) is 0 Å². The Kier molecular flexibility index (Phi) is 7.78. The maximum absolute atomic E-state index is 14.0. The summed E-state index contributed by atoms with van der Waals surface area (Å²) in [7, 11) is -4.15. The van der Waals surface area contributed by atoms with Gasteiger partial charge in [0, 0.05) is 0 Å². The summed E-state index contributed by atoms with van der Waals surface area (Å²) in [4.78, 5) is 12.9. The number of hydrogen-bond donors (Lipinski definition) is 2. The number of nitrogens with one attached hydrogen (secondary N) is 2. The molecule has 1 atom stereocenters. The number of amides is 1. The molecule has 0 saturated heterocycles. The van der Waals surface area contributed by atoms with Crippen LogP contribution in [0.4, 0.5) is 14.5 Å². The summed E-state index contributed by atoms with van der Waals surface area (Å²) < 4.78 is 62.0. The molecule has 2 N–H and O–H groups in total. The Bertz CT molecular complexity index is 1210. The molecule has 174 valence electrons. The summed E-state index contributed by atoms with van der Waals surface area (Å²) in [6.45, 7) is 3.95. The Morgan fingerprint density at radius 2 is 1.67 bits per heavy atom. The van der Waals surface area contributed by atoms with Gasteiger partial charge in [0.15, 0.2) is 0 Å². The molecule has 0 aliphatic carbocycles. The molecule has 33 heavy (non-hydrogen) atoms. The number of carbonyl (C=O) groups is 1. The molecule has 3 rings (SSSR count). The molecule has 0 heterocycles. The number of anilines is 1. The molecule has 1 unspecified atom stereocenters. The lowest BCUT2D eigenvalue weighted by Crippen LogP contribution is -2.45. The van der Waals surface area contributed by atoms with E-state index in [1.165, 1.54) is 24.3 Å². The van der Waals surface area contributed by atoms with Crippen LogP contribution in [0.25, 0.3) is 0 Å². The van der Waals surface area contributed by atoms with Crippen molar-refractivity contribution >= 4 is 21.6 Å². The monoisotopic (exact) mass is 474 g/mol. The molecule has 3 aromatic rings. The normalized spacial score (nSPS) is 12.2. The van der Waals surface area contributed by atoms with Crippen molar-refractivity contribution in [2.75, 3.05) is 11.9 Å². The molecule has 0 bridgehead atoms. The van der Waals surface area contributed by atoms with Gasteiger partial charge >= 0.3 is 0 Å². The van der Waals surface area contributed by atoms with Crippen molar-refractivity contribution in [1.29, 1.82) is 0 Å². The van der Waals surface area contributed by atoms with Crippen molar-refractivity contribution in [3.8, 4) is 5.75 Å². The highest BCUT2D eigenvalue weighted by Crippen LogP contribution is 2.23. The highest BCUT2D eigenvalue weighted by molar-refractivity contribution is 7.89. The molecule has 9 heteroatoms. The van der Waals surface area contributed by atoms with Crippen molar-refractivity contribution in [3.05, 3.63) is 89.5 Å². The van der Waals surface area contributed by atoms with Crippen LogP contribution >= 0.6 is 0 Å². The molecule has 6 nitrogen and oxygen atoms in total. The first-order valence-electron chi connectivity index (χ1n) is 10.3. The van der Waals surface area contributed by atoms with Gasteiger partial charge in [-0.3, -0.25) is 4.79 Å². The van der Waals surface area contributed by atoms with E-state index in [0.717, 1.165) is 12.1 Å². The van der Waals surface area contributed by atoms with Crippen LogP contribution in [0.3, 0.4) is 0 Å². The number of aryl methyl sites for hydroxylation is 1. The van der Waals surface area contributed by atoms with E-state index < -0.39 is 39.3 Å². The minimum absolute atomic E-state index is 0.0298. The number of sulfonamides is 1. The van der Waals surface area contributed by atoms with Crippen LogP contribution in [-0.4, -0.2) is 27.0 Å². The van der Waals surface area contributed by atoms with Crippen molar-refractivity contribution in [2.45, 2.75) is 31.2 Å². The van der Waals surface area contributed by atoms with Gasteiger partial charge in [0.05, 0.1) is 11.5 Å². The van der Waals surface area contributed by atoms with Gasteiger partial charge in [-0.1, -0.05) is 36.4 Å². The summed E-state index contributed by atoms with van der Waals surface area (Å²) in [5.74, 6) is -2.28. The van der Waals surface area contributed by atoms with E-state index in [-0.39, 0.29) is 11.3 Å². The van der Waals surface area contributed by atoms with Gasteiger partial charge in [-0.25, -0.2) is 17.2 Å². The summed E-state index contributed by atoms with van der Waals surface area (Å²) in [6, 6.07) is 14.9. The van der Waals surface area contributed by atoms with Crippen LogP contribution in [0, 0.1) is 18.6 Å². The molecule has 3 aromatic carbocycles. The third-order valence-electron chi connectivity index (χ3n) is 4.86. The number of halogens is 2. The first-order valence-corrected chi connectivity index (χ1v) is 11.7. The minimum Gasteiger partial charge on any atom is -0.494 e. The molecule has 0 radical (unpaired) electrons. The number of para-hydroxylation sites is 1. The zero-order valence-corrected chi connectivity index (χ0v) is 19.0. The number of rotatable bonds is 9. The van der Waals surface area contributed by atoms with E-state index in [9.17, 15) is 22.0 Å². The average molecular weight is 475 g/mol. The summed E-state index contributed by atoms with van der Waals surface area (Å²) in [5, 5.41) is 2.17. The van der Waals surface area contributed by atoms with E-state index in [1.807, 2.05) is 6.92 Å². The Hall–Kier alpha value is -3.30. The highest BCUT2D eigenvalue weighted by atomic mass is 32.2. The Morgan fingerprint density at radius 1 is 1.00 bits per heavy atom. The smallest absolute Gasteiger partial charge is 0.243 e. The van der Waals surface area contributed by atoms with Gasteiger partial charge in [0.2, 0.25) is 15.9 Å². The van der Waals surface area contributed by atoms with E-state index >= 15 is 0 Å². The van der Waals surface area contributed by atoms with Crippen LogP contribution in [-0.2, 0) is 21.2 Å². The third kappa shape index (κ3) is 6.15. The number of benzene rings is 3. The molecule has 0 aromatic heterocycles.